The van der Waals surface area contributed by atoms with E-state index in [0.717, 1.165) is 18.2 Å². The molecule has 1 atom stereocenters. The summed E-state index contributed by atoms with van der Waals surface area (Å²) in [5.74, 6) is 0.542. The zero-order valence-electron chi connectivity index (χ0n) is 16.5. The summed E-state index contributed by atoms with van der Waals surface area (Å²) in [6, 6.07) is 5.12. The molecule has 0 amide bonds. The number of hydrogen-bond acceptors (Lipinski definition) is 5. The van der Waals surface area contributed by atoms with Crippen molar-refractivity contribution in [1.29, 1.82) is 0 Å². The smallest absolute Gasteiger partial charge is 0.416 e. The first-order valence-corrected chi connectivity index (χ1v) is 10.9. The molecule has 3 N–H and O–H groups in total. The Kier molecular flexibility index (Phi) is 5.33. The van der Waals surface area contributed by atoms with Crippen molar-refractivity contribution in [3.8, 4) is 5.75 Å². The van der Waals surface area contributed by atoms with E-state index in [0.29, 0.717) is 40.9 Å². The van der Waals surface area contributed by atoms with E-state index in [1.54, 1.807) is 19.1 Å². The summed E-state index contributed by atoms with van der Waals surface area (Å²) in [6.07, 6.45) is 0.183. The molecule has 1 aromatic carbocycles. The van der Waals surface area contributed by atoms with E-state index >= 15 is 0 Å². The summed E-state index contributed by atoms with van der Waals surface area (Å²) in [7, 11) is -4.22. The predicted octanol–water partition coefficient (Wildman–Crippen LogP) is 3.43. The van der Waals surface area contributed by atoms with E-state index in [2.05, 4.69) is 19.7 Å². The SMILES string of the molecule is CC1CC(Oc2ccnc3[nH]c(=O)[nH]c23)=CC=C1NS(=O)(=O)c1cccc(C(F)(F)F)c1. The number of hydrogen-bond donors (Lipinski definition) is 3. The van der Waals surface area contributed by atoms with Gasteiger partial charge in [-0.3, -0.25) is 9.71 Å². The Morgan fingerprint density at radius 1 is 1.19 bits per heavy atom. The summed E-state index contributed by atoms with van der Waals surface area (Å²) in [5, 5.41) is 0. The van der Waals surface area contributed by atoms with E-state index in [9.17, 15) is 26.4 Å². The zero-order chi connectivity index (χ0) is 23.1. The molecule has 0 spiro atoms. The maximum atomic E-state index is 12.9. The Balaban J connectivity index is 1.56. The fourth-order valence-electron chi connectivity index (χ4n) is 3.23. The molecular formula is C20H17F3N4O4S. The van der Waals surface area contributed by atoms with E-state index in [1.807, 2.05) is 0 Å². The normalized spacial score (nSPS) is 17.1. The number of aromatic nitrogens is 3. The fraction of sp³-hybridized carbons (Fsp3) is 0.200. The Labute approximate surface area is 179 Å². The van der Waals surface area contributed by atoms with Crippen LogP contribution in [-0.2, 0) is 16.2 Å². The number of rotatable bonds is 5. The fourth-order valence-corrected chi connectivity index (χ4v) is 4.47. The van der Waals surface area contributed by atoms with Gasteiger partial charge in [0.1, 0.15) is 11.3 Å². The summed E-state index contributed by atoms with van der Waals surface area (Å²) in [4.78, 5) is 20.2. The van der Waals surface area contributed by atoms with Crippen molar-refractivity contribution in [1.82, 2.24) is 19.7 Å². The Bertz CT molecular complexity index is 1400. The van der Waals surface area contributed by atoms with Crippen molar-refractivity contribution in [2.24, 2.45) is 5.92 Å². The monoisotopic (exact) mass is 466 g/mol. The van der Waals surface area contributed by atoms with Crippen LogP contribution in [0.3, 0.4) is 0 Å². The molecule has 0 fully saturated rings. The molecule has 1 aliphatic carbocycles. The molecule has 1 unspecified atom stereocenters. The van der Waals surface area contributed by atoms with Crippen molar-refractivity contribution < 1.29 is 26.3 Å². The average Bonchev–Trinajstić information content (AvgIpc) is 3.11. The summed E-state index contributed by atoms with van der Waals surface area (Å²) >= 11 is 0. The second-order valence-corrected chi connectivity index (χ2v) is 8.89. The van der Waals surface area contributed by atoms with Crippen LogP contribution in [0, 0.1) is 5.92 Å². The minimum atomic E-state index is -4.65. The molecule has 0 bridgehead atoms. The van der Waals surface area contributed by atoms with Crippen LogP contribution in [0.15, 0.2) is 69.8 Å². The number of aromatic amines is 2. The van der Waals surface area contributed by atoms with Gasteiger partial charge in [0.15, 0.2) is 11.4 Å². The van der Waals surface area contributed by atoms with Gasteiger partial charge < -0.3 is 9.72 Å². The van der Waals surface area contributed by atoms with Gasteiger partial charge in [0, 0.05) is 30.3 Å². The highest BCUT2D eigenvalue weighted by Gasteiger charge is 2.32. The first kappa shape index (κ1) is 21.7. The lowest BCUT2D eigenvalue weighted by molar-refractivity contribution is -0.137. The largest absolute Gasteiger partial charge is 0.459 e. The molecule has 168 valence electrons. The Morgan fingerprint density at radius 3 is 2.69 bits per heavy atom. The van der Waals surface area contributed by atoms with Gasteiger partial charge in [-0.15, -0.1) is 0 Å². The molecule has 12 heteroatoms. The molecule has 1 aliphatic rings. The maximum absolute atomic E-state index is 12.9. The summed E-state index contributed by atoms with van der Waals surface area (Å²) < 4.78 is 72.2. The highest BCUT2D eigenvalue weighted by Crippen LogP contribution is 2.32. The van der Waals surface area contributed by atoms with Crippen LogP contribution in [0.25, 0.3) is 11.2 Å². The molecule has 3 aromatic rings. The van der Waals surface area contributed by atoms with Gasteiger partial charge in [0.2, 0.25) is 0 Å². The first-order chi connectivity index (χ1) is 15.0. The first-order valence-electron chi connectivity index (χ1n) is 9.38. The molecule has 2 aromatic heterocycles. The number of nitrogens with zero attached hydrogens (tertiary/aromatic N) is 1. The number of pyridine rings is 1. The highest BCUT2D eigenvalue weighted by molar-refractivity contribution is 7.89. The number of ether oxygens (including phenoxy) is 1. The lowest BCUT2D eigenvalue weighted by Crippen LogP contribution is -2.28. The second-order valence-electron chi connectivity index (χ2n) is 7.21. The number of H-pyrrole nitrogens is 2. The van der Waals surface area contributed by atoms with Crippen LogP contribution in [-0.4, -0.2) is 23.4 Å². The van der Waals surface area contributed by atoms with E-state index in [4.69, 9.17) is 4.74 Å². The molecular weight excluding hydrogens is 449 g/mol. The topological polar surface area (TPSA) is 117 Å². The van der Waals surface area contributed by atoms with Gasteiger partial charge in [0.05, 0.1) is 10.5 Å². The van der Waals surface area contributed by atoms with Crippen molar-refractivity contribution in [3.63, 3.8) is 0 Å². The lowest BCUT2D eigenvalue weighted by Gasteiger charge is -2.23. The number of alkyl halides is 3. The minimum Gasteiger partial charge on any atom is -0.459 e. The second kappa shape index (κ2) is 7.86. The number of sulfonamides is 1. The average molecular weight is 466 g/mol. The van der Waals surface area contributed by atoms with Crippen LogP contribution in [0.4, 0.5) is 13.2 Å². The van der Waals surface area contributed by atoms with Crippen LogP contribution >= 0.6 is 0 Å². The number of imidazole rings is 1. The zero-order valence-corrected chi connectivity index (χ0v) is 17.3. The molecule has 0 saturated carbocycles. The molecule has 2 heterocycles. The molecule has 8 nitrogen and oxygen atoms in total. The van der Waals surface area contributed by atoms with Crippen molar-refractivity contribution >= 4 is 21.2 Å². The predicted molar refractivity (Wildman–Crippen MR) is 109 cm³/mol. The summed E-state index contributed by atoms with van der Waals surface area (Å²) in [6.45, 7) is 1.75. The van der Waals surface area contributed by atoms with Crippen molar-refractivity contribution in [3.05, 3.63) is 76.2 Å². The molecule has 4 rings (SSSR count). The van der Waals surface area contributed by atoms with Crippen LogP contribution in [0.5, 0.6) is 5.75 Å². The quantitative estimate of drug-likeness (QED) is 0.533. The van der Waals surface area contributed by atoms with Gasteiger partial charge in [-0.05, 0) is 30.4 Å². The van der Waals surface area contributed by atoms with Gasteiger partial charge in [-0.2, -0.15) is 13.2 Å². The van der Waals surface area contributed by atoms with Crippen molar-refractivity contribution in [2.45, 2.75) is 24.4 Å². The highest BCUT2D eigenvalue weighted by atomic mass is 32.2. The Hall–Kier alpha value is -3.54. The summed E-state index contributed by atoms with van der Waals surface area (Å²) in [5.41, 5.74) is -0.438. The van der Waals surface area contributed by atoms with E-state index in [1.165, 1.54) is 12.3 Å². The minimum absolute atomic E-state index is 0.310. The van der Waals surface area contributed by atoms with Gasteiger partial charge in [-0.1, -0.05) is 13.0 Å². The third kappa shape index (κ3) is 4.40. The third-order valence-corrected chi connectivity index (χ3v) is 6.21. The van der Waals surface area contributed by atoms with Gasteiger partial charge in [-0.25, -0.2) is 18.2 Å². The molecule has 0 radical (unpaired) electrons. The number of nitrogens with one attached hydrogen (secondary N) is 3. The van der Waals surface area contributed by atoms with Crippen molar-refractivity contribution in [2.75, 3.05) is 0 Å². The number of halogens is 3. The van der Waals surface area contributed by atoms with Crippen LogP contribution in [0.1, 0.15) is 18.9 Å². The number of benzene rings is 1. The molecule has 0 saturated heterocycles. The number of allylic oxidation sites excluding steroid dienone is 4. The standard InChI is InChI=1S/C20H17F3N4O4S/c1-11-9-13(31-16-7-8-24-18-17(16)25-19(28)26-18)5-6-15(11)27-32(29,30)14-4-2-3-12(10-14)20(21,22)23/h2-8,10-11,27H,9H2,1H3,(H2,24,25,26,28). The van der Waals surface area contributed by atoms with Crippen LogP contribution in [0.2, 0.25) is 0 Å². The Morgan fingerprint density at radius 2 is 1.97 bits per heavy atom. The van der Waals surface area contributed by atoms with E-state index in [-0.39, 0.29) is 5.92 Å². The van der Waals surface area contributed by atoms with E-state index < -0.39 is 32.3 Å². The molecule has 32 heavy (non-hydrogen) atoms. The van der Waals surface area contributed by atoms with Gasteiger partial charge in [0.25, 0.3) is 10.0 Å². The lowest BCUT2D eigenvalue weighted by atomic mass is 9.98. The van der Waals surface area contributed by atoms with Crippen LogP contribution < -0.4 is 15.1 Å². The maximum Gasteiger partial charge on any atom is 0.416 e. The number of fused-ring (bicyclic) bond motifs is 1. The third-order valence-electron chi connectivity index (χ3n) is 4.84. The molecule has 0 aliphatic heterocycles. The van der Waals surface area contributed by atoms with Gasteiger partial charge >= 0.3 is 11.9 Å².